The average molecular weight is 710 g/mol. The minimum Gasteiger partial charge on any atom is -0.443 e. The summed E-state index contributed by atoms with van der Waals surface area (Å²) in [5.41, 5.74) is -2.44. The smallest absolute Gasteiger partial charge is 0.425 e. The minimum absolute atomic E-state index is 0.0348. The number of nitrogens with zero attached hydrogens (tertiary/aromatic N) is 5. The van der Waals surface area contributed by atoms with Gasteiger partial charge in [-0.2, -0.15) is 4.90 Å². The molecule has 4 aromatic rings. The maximum atomic E-state index is 13.8. The minimum atomic E-state index is -1.07. The maximum Gasteiger partial charge on any atom is 0.425 e. The van der Waals surface area contributed by atoms with Crippen molar-refractivity contribution in [1.29, 1.82) is 0 Å². The molecule has 14 heteroatoms. The molecule has 0 bridgehead atoms. The highest BCUT2D eigenvalue weighted by atomic mass is 16.6. The van der Waals surface area contributed by atoms with E-state index in [0.717, 1.165) is 4.57 Å². The number of aliphatic hydroxyl groups excluding tert-OH is 1. The molecule has 1 N–H and O–H groups in total. The van der Waals surface area contributed by atoms with Crippen molar-refractivity contribution in [3.63, 3.8) is 0 Å². The lowest BCUT2D eigenvalue weighted by atomic mass is 10.1. The van der Waals surface area contributed by atoms with Crippen LogP contribution in [0.2, 0.25) is 0 Å². The number of hydrogen-bond acceptors (Lipinski definition) is 11. The van der Waals surface area contributed by atoms with Crippen LogP contribution in [0.25, 0.3) is 33.3 Å². The second-order valence-electron chi connectivity index (χ2n) is 15.7. The first-order valence-corrected chi connectivity index (χ1v) is 16.6. The fourth-order valence-electron chi connectivity index (χ4n) is 4.71. The van der Waals surface area contributed by atoms with Gasteiger partial charge in [0.15, 0.2) is 11.5 Å². The first-order valence-electron chi connectivity index (χ1n) is 16.6. The molecule has 0 aliphatic heterocycles. The lowest BCUT2D eigenvalue weighted by Crippen LogP contribution is -2.44. The van der Waals surface area contributed by atoms with Gasteiger partial charge in [0.1, 0.15) is 33.7 Å². The van der Waals surface area contributed by atoms with Gasteiger partial charge in [0, 0.05) is 17.6 Å². The molecule has 278 valence electrons. The van der Waals surface area contributed by atoms with E-state index in [1.807, 2.05) is 12.1 Å². The van der Waals surface area contributed by atoms with E-state index in [0.29, 0.717) is 21.5 Å². The number of imidazole rings is 1. The summed E-state index contributed by atoms with van der Waals surface area (Å²) < 4.78 is 25.2. The predicted octanol–water partition coefficient (Wildman–Crippen LogP) is 8.60. The van der Waals surface area contributed by atoms with Crippen molar-refractivity contribution in [2.24, 2.45) is 0 Å². The van der Waals surface area contributed by atoms with Crippen molar-refractivity contribution < 1.29 is 43.2 Å². The zero-order valence-electron chi connectivity index (χ0n) is 32.1. The summed E-state index contributed by atoms with van der Waals surface area (Å²) in [6.07, 6.45) is -3.60. The second kappa shape index (κ2) is 14.7. The quantitative estimate of drug-likeness (QED) is 0.198. The van der Waals surface area contributed by atoms with E-state index in [4.69, 9.17) is 24.1 Å². The standard InChI is InChI=1S/C35H45N5O8.C2H6O/c1-20-36-26-22(24-18-21-16-14-15-17-23(21)39(24)29(42)46-33(5,6)7)19-25(37-27(26)38(20)28(41)45-32(2,3)4)40(30(43)47-34(8,9)10)31(44)48-35(11,12)13;1-2-3/h14-19H,1-13H3;3H,2H2,1H3. The fraction of sp³-hybridized carbons (Fsp3) is 0.514. The highest BCUT2D eigenvalue weighted by molar-refractivity contribution is 6.11. The summed E-state index contributed by atoms with van der Waals surface area (Å²) in [5, 5.41) is 8.27. The van der Waals surface area contributed by atoms with Crippen molar-refractivity contribution in [1.82, 2.24) is 19.1 Å². The van der Waals surface area contributed by atoms with Gasteiger partial charge in [0.05, 0.1) is 11.2 Å². The first kappa shape index (κ1) is 40.4. The number of benzene rings is 1. The number of ether oxygens (including phenoxy) is 4. The molecule has 0 aliphatic carbocycles. The number of carbonyl (C=O) groups excluding carboxylic acids is 4. The molecule has 1 aromatic carbocycles. The molecule has 0 unspecified atom stereocenters. The molecular formula is C37H51N5O9. The van der Waals surface area contributed by atoms with Gasteiger partial charge in [-0.15, -0.1) is 0 Å². The third-order valence-corrected chi connectivity index (χ3v) is 6.29. The van der Waals surface area contributed by atoms with Crippen molar-refractivity contribution in [2.75, 3.05) is 11.5 Å². The number of anilines is 1. The van der Waals surface area contributed by atoms with E-state index in [1.165, 1.54) is 10.6 Å². The lowest BCUT2D eigenvalue weighted by molar-refractivity contribution is 0.0425. The van der Waals surface area contributed by atoms with Crippen LogP contribution in [0.1, 0.15) is 95.8 Å². The first-order chi connectivity index (χ1) is 23.3. The normalized spacial score (nSPS) is 12.2. The number of amides is 2. The van der Waals surface area contributed by atoms with Gasteiger partial charge in [-0.3, -0.25) is 0 Å². The number of aromatic nitrogens is 4. The Balaban J connectivity index is 0.00000226. The molecule has 0 spiro atoms. The van der Waals surface area contributed by atoms with Gasteiger partial charge < -0.3 is 24.1 Å². The highest BCUT2D eigenvalue weighted by Crippen LogP contribution is 2.37. The van der Waals surface area contributed by atoms with Crippen molar-refractivity contribution in [3.8, 4) is 11.3 Å². The maximum absolute atomic E-state index is 13.8. The van der Waals surface area contributed by atoms with E-state index >= 15 is 0 Å². The largest absolute Gasteiger partial charge is 0.443 e. The Bertz CT molecular complexity index is 1900. The van der Waals surface area contributed by atoms with E-state index in [1.54, 1.807) is 115 Å². The van der Waals surface area contributed by atoms with Crippen LogP contribution in [0.3, 0.4) is 0 Å². The van der Waals surface area contributed by atoms with Crippen molar-refractivity contribution in [3.05, 3.63) is 42.2 Å². The number of aryl methyl sites for hydroxylation is 1. The van der Waals surface area contributed by atoms with Crippen LogP contribution in [0.5, 0.6) is 0 Å². The molecule has 0 atom stereocenters. The van der Waals surface area contributed by atoms with Crippen molar-refractivity contribution >= 4 is 52.3 Å². The van der Waals surface area contributed by atoms with Crippen LogP contribution < -0.4 is 4.90 Å². The molecule has 2 amide bonds. The molecule has 14 nitrogen and oxygen atoms in total. The lowest BCUT2D eigenvalue weighted by Gasteiger charge is -2.28. The summed E-state index contributed by atoms with van der Waals surface area (Å²) in [7, 11) is 0. The Hall–Kier alpha value is -4.98. The van der Waals surface area contributed by atoms with Crippen LogP contribution in [-0.4, -0.2) is 77.6 Å². The number of aliphatic hydroxyl groups is 1. The van der Waals surface area contributed by atoms with E-state index in [9.17, 15) is 19.2 Å². The predicted molar refractivity (Wildman–Crippen MR) is 194 cm³/mol. The third kappa shape index (κ3) is 10.3. The molecule has 0 saturated heterocycles. The number of hydrogen-bond donors (Lipinski definition) is 1. The molecule has 0 fully saturated rings. The molecule has 4 rings (SSSR count). The second-order valence-corrected chi connectivity index (χ2v) is 15.7. The summed E-state index contributed by atoms with van der Waals surface area (Å²) in [6, 6.07) is 10.4. The number of fused-ring (bicyclic) bond motifs is 2. The number of rotatable bonds is 2. The Kier molecular flexibility index (Phi) is 11.7. The fourth-order valence-corrected chi connectivity index (χ4v) is 4.71. The van der Waals surface area contributed by atoms with Crippen LogP contribution >= 0.6 is 0 Å². The van der Waals surface area contributed by atoms with E-state index < -0.39 is 46.8 Å². The van der Waals surface area contributed by atoms with Crippen molar-refractivity contribution in [2.45, 2.75) is 119 Å². The van der Waals surface area contributed by atoms with Gasteiger partial charge in [0.2, 0.25) is 0 Å². The Morgan fingerprint density at radius 3 is 1.63 bits per heavy atom. The van der Waals surface area contributed by atoms with Gasteiger partial charge in [-0.25, -0.2) is 38.3 Å². The van der Waals surface area contributed by atoms with Crippen LogP contribution in [0.15, 0.2) is 36.4 Å². The summed E-state index contributed by atoms with van der Waals surface area (Å²) in [4.78, 5) is 64.8. The Morgan fingerprint density at radius 1 is 0.706 bits per heavy atom. The molecule has 3 heterocycles. The Morgan fingerprint density at radius 2 is 1.16 bits per heavy atom. The summed E-state index contributed by atoms with van der Waals surface area (Å²) in [5.74, 6) is -0.0298. The van der Waals surface area contributed by atoms with Gasteiger partial charge in [-0.1, -0.05) is 18.2 Å². The molecule has 51 heavy (non-hydrogen) atoms. The average Bonchev–Trinajstić information content (AvgIpc) is 3.46. The zero-order valence-corrected chi connectivity index (χ0v) is 32.1. The molecule has 0 saturated carbocycles. The number of pyridine rings is 1. The summed E-state index contributed by atoms with van der Waals surface area (Å²) in [6.45, 7) is 23.9. The van der Waals surface area contributed by atoms with Crippen LogP contribution in [0, 0.1) is 6.92 Å². The van der Waals surface area contributed by atoms with Gasteiger partial charge in [0.25, 0.3) is 0 Å². The number of carbonyl (C=O) groups is 4. The number of para-hydroxylation sites is 1. The summed E-state index contributed by atoms with van der Waals surface area (Å²) >= 11 is 0. The number of imide groups is 1. The monoisotopic (exact) mass is 709 g/mol. The van der Waals surface area contributed by atoms with E-state index in [-0.39, 0.29) is 35.0 Å². The SMILES string of the molecule is CCO.Cc1nc2c(-c3cc4ccccc4n3C(=O)OC(C)(C)C)cc(N(C(=O)OC(C)(C)C)C(=O)OC(C)(C)C)nc2n1C(=O)OC(C)(C)C. The Labute approximate surface area is 298 Å². The molecule has 0 radical (unpaired) electrons. The van der Waals surface area contributed by atoms with Crippen LogP contribution in [0.4, 0.5) is 25.0 Å². The van der Waals surface area contributed by atoms with E-state index in [2.05, 4.69) is 9.97 Å². The van der Waals surface area contributed by atoms with Gasteiger partial charge in [-0.05, 0) is 115 Å². The molecular weight excluding hydrogens is 658 g/mol. The highest BCUT2D eigenvalue weighted by Gasteiger charge is 2.36. The van der Waals surface area contributed by atoms with Gasteiger partial charge >= 0.3 is 24.4 Å². The topological polar surface area (TPSA) is 164 Å². The van der Waals surface area contributed by atoms with Crippen LogP contribution in [-0.2, 0) is 18.9 Å². The molecule has 3 aromatic heterocycles. The third-order valence-electron chi connectivity index (χ3n) is 6.29. The zero-order chi connectivity index (χ0) is 38.9. The molecule has 0 aliphatic rings.